The maximum Gasteiger partial charge on any atom is 0.266 e. The number of nitrogens with one attached hydrogen (secondary N) is 1. The fraction of sp³-hybridized carbons (Fsp3) is 0.316. The second kappa shape index (κ2) is 7.01. The van der Waals surface area contributed by atoms with Crippen molar-refractivity contribution >= 4 is 46.5 Å². The third kappa shape index (κ3) is 3.23. The van der Waals surface area contributed by atoms with Crippen molar-refractivity contribution in [3.8, 4) is 0 Å². The highest BCUT2D eigenvalue weighted by Gasteiger charge is 2.41. The van der Waals surface area contributed by atoms with E-state index in [2.05, 4.69) is 5.32 Å². The molecule has 1 aromatic heterocycles. The van der Waals surface area contributed by atoms with E-state index in [1.165, 1.54) is 28.7 Å². The first-order valence-electron chi connectivity index (χ1n) is 8.72. The highest BCUT2D eigenvalue weighted by Crippen LogP contribution is 2.43. The third-order valence-electron chi connectivity index (χ3n) is 4.87. The van der Waals surface area contributed by atoms with Crippen LogP contribution in [0.3, 0.4) is 0 Å². The Morgan fingerprint density at radius 3 is 2.78 bits per heavy atom. The summed E-state index contributed by atoms with van der Waals surface area (Å²) >= 11 is 2.70. The van der Waals surface area contributed by atoms with Crippen LogP contribution in [0, 0.1) is 6.92 Å². The number of carbonyl (C=O) groups is 3. The van der Waals surface area contributed by atoms with Crippen molar-refractivity contribution in [2.45, 2.75) is 35.8 Å². The number of rotatable bonds is 4. The number of anilines is 1. The van der Waals surface area contributed by atoms with Crippen LogP contribution in [0.15, 0.2) is 28.5 Å². The first kappa shape index (κ1) is 18.1. The Morgan fingerprint density at radius 1 is 1.33 bits per heavy atom. The molecule has 1 atom stereocenters. The molecule has 1 unspecified atom stereocenters. The molecule has 1 fully saturated rings. The molecule has 0 bridgehead atoms. The van der Waals surface area contributed by atoms with Crippen molar-refractivity contribution in [3.63, 3.8) is 0 Å². The number of primary amides is 1. The molecule has 0 radical (unpaired) electrons. The van der Waals surface area contributed by atoms with Gasteiger partial charge in [-0.25, -0.2) is 0 Å². The SMILES string of the molecule is Cc1ccc(CSc2sc3c(c2C(N)=O)NC(=O)C2CCCN2C3=O)cc1. The molecule has 0 spiro atoms. The van der Waals surface area contributed by atoms with Crippen LogP contribution < -0.4 is 11.1 Å². The number of hydrogen-bond donors (Lipinski definition) is 2. The summed E-state index contributed by atoms with van der Waals surface area (Å²) in [5.74, 6) is -0.418. The van der Waals surface area contributed by atoms with E-state index in [0.29, 0.717) is 27.8 Å². The lowest BCUT2D eigenvalue weighted by molar-refractivity contribution is -0.119. The summed E-state index contributed by atoms with van der Waals surface area (Å²) in [7, 11) is 0. The number of nitrogens with two attached hydrogens (primary N) is 1. The summed E-state index contributed by atoms with van der Waals surface area (Å²) in [4.78, 5) is 39.6. The highest BCUT2D eigenvalue weighted by atomic mass is 32.2. The van der Waals surface area contributed by atoms with Crippen molar-refractivity contribution < 1.29 is 14.4 Å². The van der Waals surface area contributed by atoms with E-state index in [1.54, 1.807) is 4.90 Å². The summed E-state index contributed by atoms with van der Waals surface area (Å²) in [5, 5.41) is 2.80. The van der Waals surface area contributed by atoms with Crippen molar-refractivity contribution in [2.24, 2.45) is 5.73 Å². The van der Waals surface area contributed by atoms with Crippen LogP contribution in [0.1, 0.15) is 44.0 Å². The van der Waals surface area contributed by atoms with Gasteiger partial charge in [0.15, 0.2) is 0 Å². The summed E-state index contributed by atoms with van der Waals surface area (Å²) in [6, 6.07) is 7.68. The van der Waals surface area contributed by atoms with Crippen LogP contribution in [0.25, 0.3) is 0 Å². The number of thiophene rings is 1. The van der Waals surface area contributed by atoms with Gasteiger partial charge in [-0.05, 0) is 25.3 Å². The zero-order chi connectivity index (χ0) is 19.1. The normalized spacial score (nSPS) is 18.7. The van der Waals surface area contributed by atoms with Crippen molar-refractivity contribution in [1.29, 1.82) is 0 Å². The molecular formula is C19H19N3O3S2. The molecule has 4 rings (SSSR count). The highest BCUT2D eigenvalue weighted by molar-refractivity contribution is 8.00. The molecule has 2 aliphatic heterocycles. The van der Waals surface area contributed by atoms with Gasteiger partial charge in [-0.2, -0.15) is 0 Å². The first-order valence-corrected chi connectivity index (χ1v) is 10.5. The Hall–Kier alpha value is -2.32. The first-order chi connectivity index (χ1) is 13.0. The Morgan fingerprint density at radius 2 is 2.07 bits per heavy atom. The van der Waals surface area contributed by atoms with Crippen molar-refractivity contribution in [1.82, 2.24) is 4.90 Å². The fourth-order valence-electron chi connectivity index (χ4n) is 3.46. The van der Waals surface area contributed by atoms with Gasteiger partial charge in [0.1, 0.15) is 10.9 Å². The molecule has 0 saturated carbocycles. The number of fused-ring (bicyclic) bond motifs is 2. The maximum absolute atomic E-state index is 12.9. The van der Waals surface area contributed by atoms with Crippen molar-refractivity contribution in [2.75, 3.05) is 11.9 Å². The minimum Gasteiger partial charge on any atom is -0.365 e. The molecule has 3 amide bonds. The van der Waals surface area contributed by atoms with E-state index in [1.807, 2.05) is 31.2 Å². The monoisotopic (exact) mass is 401 g/mol. The molecule has 140 valence electrons. The average Bonchev–Trinajstić information content (AvgIpc) is 3.23. The molecule has 0 aliphatic carbocycles. The number of amides is 3. The minimum absolute atomic E-state index is 0.194. The van der Waals surface area contributed by atoms with Gasteiger partial charge in [0, 0.05) is 12.3 Å². The summed E-state index contributed by atoms with van der Waals surface area (Å²) in [6.45, 7) is 2.59. The molecule has 27 heavy (non-hydrogen) atoms. The lowest BCUT2D eigenvalue weighted by Crippen LogP contribution is -2.40. The maximum atomic E-state index is 12.9. The number of thioether (sulfide) groups is 1. The van der Waals surface area contributed by atoms with Crippen LogP contribution in [-0.2, 0) is 10.5 Å². The van der Waals surface area contributed by atoms with Crippen molar-refractivity contribution in [3.05, 3.63) is 45.8 Å². The summed E-state index contributed by atoms with van der Waals surface area (Å²) in [5.41, 5.74) is 8.42. The van der Waals surface area contributed by atoms with Crippen LogP contribution in [0.4, 0.5) is 5.69 Å². The quantitative estimate of drug-likeness (QED) is 0.771. The zero-order valence-corrected chi connectivity index (χ0v) is 16.4. The summed E-state index contributed by atoms with van der Waals surface area (Å²) < 4.78 is 0.666. The minimum atomic E-state index is -0.630. The lowest BCUT2D eigenvalue weighted by Gasteiger charge is -2.19. The molecule has 3 N–H and O–H groups in total. The van der Waals surface area contributed by atoms with E-state index in [0.717, 1.165) is 12.0 Å². The summed E-state index contributed by atoms with van der Waals surface area (Å²) in [6.07, 6.45) is 1.45. The Bertz CT molecular complexity index is 936. The molecule has 6 nitrogen and oxygen atoms in total. The van der Waals surface area contributed by atoms with Crippen LogP contribution in [-0.4, -0.2) is 35.2 Å². The molecular weight excluding hydrogens is 382 g/mol. The fourth-order valence-corrected chi connectivity index (χ4v) is 5.91. The molecule has 2 aliphatic rings. The van der Waals surface area contributed by atoms with E-state index >= 15 is 0 Å². The second-order valence-electron chi connectivity index (χ2n) is 6.75. The Kier molecular flexibility index (Phi) is 4.69. The second-order valence-corrected chi connectivity index (χ2v) is 9.02. The van der Waals surface area contributed by atoms with Crippen LogP contribution in [0.5, 0.6) is 0 Å². The molecule has 1 saturated heterocycles. The smallest absolute Gasteiger partial charge is 0.266 e. The van der Waals surface area contributed by atoms with E-state index in [9.17, 15) is 14.4 Å². The zero-order valence-electron chi connectivity index (χ0n) is 14.8. The molecule has 2 aromatic rings. The van der Waals surface area contributed by atoms with Gasteiger partial charge in [-0.15, -0.1) is 23.1 Å². The van der Waals surface area contributed by atoms with E-state index in [-0.39, 0.29) is 23.1 Å². The number of hydrogen-bond acceptors (Lipinski definition) is 5. The largest absolute Gasteiger partial charge is 0.365 e. The predicted molar refractivity (Wildman–Crippen MR) is 106 cm³/mol. The van der Waals surface area contributed by atoms with E-state index in [4.69, 9.17) is 5.73 Å². The van der Waals surface area contributed by atoms with Gasteiger partial charge in [-0.1, -0.05) is 29.8 Å². The Balaban J connectivity index is 1.69. The average molecular weight is 402 g/mol. The van der Waals surface area contributed by atoms with Gasteiger partial charge in [0.05, 0.1) is 15.5 Å². The molecule has 3 heterocycles. The van der Waals surface area contributed by atoms with Gasteiger partial charge in [0.2, 0.25) is 5.91 Å². The number of aryl methyl sites for hydroxylation is 1. The van der Waals surface area contributed by atoms with Crippen LogP contribution >= 0.6 is 23.1 Å². The van der Waals surface area contributed by atoms with Crippen LogP contribution in [0.2, 0.25) is 0 Å². The Labute approximate surface area is 165 Å². The van der Waals surface area contributed by atoms with Gasteiger partial charge in [-0.3, -0.25) is 14.4 Å². The van der Waals surface area contributed by atoms with Gasteiger partial charge >= 0.3 is 0 Å². The topological polar surface area (TPSA) is 92.5 Å². The third-order valence-corrected chi connectivity index (χ3v) is 7.39. The number of benzene rings is 1. The van der Waals surface area contributed by atoms with Gasteiger partial charge in [0.25, 0.3) is 11.8 Å². The van der Waals surface area contributed by atoms with Gasteiger partial charge < -0.3 is 16.0 Å². The number of nitrogens with zero attached hydrogens (tertiary/aromatic N) is 1. The molecule has 8 heteroatoms. The standard InChI is InChI=1S/C19H19N3O3S2/c1-10-4-6-11(7-5-10)9-26-19-13(16(20)23)14-15(27-19)18(25)22-8-2-3-12(22)17(24)21-14/h4-7,12H,2-3,8-9H2,1H3,(H2,20,23)(H,21,24). The molecule has 1 aromatic carbocycles. The van der Waals surface area contributed by atoms with E-state index < -0.39 is 11.9 Å². The number of carbonyl (C=O) groups excluding carboxylic acids is 3. The lowest BCUT2D eigenvalue weighted by atomic mass is 10.2. The predicted octanol–water partition coefficient (Wildman–Crippen LogP) is 3.00.